The van der Waals surface area contributed by atoms with E-state index in [1.165, 1.54) is 16.3 Å². The molecule has 1 aliphatic rings. The van der Waals surface area contributed by atoms with E-state index in [2.05, 4.69) is 30.3 Å². The van der Waals surface area contributed by atoms with Gasteiger partial charge in [0.25, 0.3) is 0 Å². The molecule has 122 valence electrons. The maximum absolute atomic E-state index is 13.3. The normalized spacial score (nSPS) is 23.1. The molecule has 24 heavy (non-hydrogen) atoms. The van der Waals surface area contributed by atoms with Gasteiger partial charge in [-0.05, 0) is 42.3 Å². The van der Waals surface area contributed by atoms with Crippen LogP contribution in [0.25, 0.3) is 10.8 Å². The van der Waals surface area contributed by atoms with Crippen molar-refractivity contribution in [3.8, 4) is 0 Å². The summed E-state index contributed by atoms with van der Waals surface area (Å²) in [6.45, 7) is 4.05. The molecule has 0 aliphatic carbocycles. The van der Waals surface area contributed by atoms with E-state index in [0.29, 0.717) is 6.42 Å². The number of ether oxygens (including phenoxy) is 1. The molecule has 0 spiro atoms. The monoisotopic (exact) mass is 336 g/mol. The third-order valence-corrected chi connectivity index (χ3v) is 6.87. The summed E-state index contributed by atoms with van der Waals surface area (Å²) in [5.74, 6) is 0. The van der Waals surface area contributed by atoms with Crippen LogP contribution < -0.4 is 0 Å². The van der Waals surface area contributed by atoms with Gasteiger partial charge in [-0.3, -0.25) is 4.21 Å². The summed E-state index contributed by atoms with van der Waals surface area (Å²) in [6.07, 6.45) is 0.642. The Bertz CT molecular complexity index is 912. The Morgan fingerprint density at radius 2 is 1.50 bits per heavy atom. The molecule has 0 radical (unpaired) electrons. The van der Waals surface area contributed by atoms with Crippen LogP contribution in [-0.2, 0) is 22.0 Å². The Balaban J connectivity index is 1.76. The maximum atomic E-state index is 13.3. The van der Waals surface area contributed by atoms with Crippen molar-refractivity contribution in [2.45, 2.75) is 35.7 Å². The number of hydrogen-bond donors (Lipinski definition) is 0. The molecule has 0 aromatic heterocycles. The Hall–Kier alpha value is -1.97. The molecule has 0 bridgehead atoms. The minimum absolute atomic E-state index is 0.398. The lowest BCUT2D eigenvalue weighted by molar-refractivity contribution is 0.312. The van der Waals surface area contributed by atoms with Crippen molar-refractivity contribution in [1.82, 2.24) is 0 Å². The summed E-state index contributed by atoms with van der Waals surface area (Å²) < 4.78 is 19.3. The van der Waals surface area contributed by atoms with Gasteiger partial charge in [0.1, 0.15) is 5.60 Å². The van der Waals surface area contributed by atoms with Gasteiger partial charge in [-0.15, -0.1) is 0 Å². The molecule has 3 aromatic rings. The molecule has 3 heteroatoms. The van der Waals surface area contributed by atoms with Crippen LogP contribution in [0.3, 0.4) is 0 Å². The summed E-state index contributed by atoms with van der Waals surface area (Å²) in [7, 11) is -1.22. The van der Waals surface area contributed by atoms with E-state index in [1.807, 2.05) is 56.3 Å². The zero-order valence-corrected chi connectivity index (χ0v) is 14.7. The van der Waals surface area contributed by atoms with Gasteiger partial charge in [0.15, 0.2) is 4.93 Å². The van der Waals surface area contributed by atoms with E-state index >= 15 is 0 Å². The summed E-state index contributed by atoms with van der Waals surface area (Å²) in [6, 6.07) is 24.2. The van der Waals surface area contributed by atoms with Crippen LogP contribution >= 0.6 is 0 Å². The molecule has 1 aliphatic heterocycles. The quantitative estimate of drug-likeness (QED) is 0.647. The van der Waals surface area contributed by atoms with E-state index in [1.54, 1.807) is 0 Å². The number of benzene rings is 3. The molecule has 1 fully saturated rings. The highest BCUT2D eigenvalue weighted by atomic mass is 32.2. The molecule has 1 heterocycles. The lowest BCUT2D eigenvalue weighted by Crippen LogP contribution is -2.29. The molecule has 2 unspecified atom stereocenters. The second-order valence-corrected chi connectivity index (χ2v) is 8.43. The van der Waals surface area contributed by atoms with E-state index in [4.69, 9.17) is 4.74 Å². The second kappa shape index (κ2) is 5.54. The van der Waals surface area contributed by atoms with Crippen LogP contribution in [0.15, 0.2) is 77.7 Å². The molecule has 4 rings (SSSR count). The van der Waals surface area contributed by atoms with Gasteiger partial charge in [-0.1, -0.05) is 60.7 Å². The zero-order chi connectivity index (χ0) is 16.8. The van der Waals surface area contributed by atoms with Crippen molar-refractivity contribution in [3.05, 3.63) is 78.4 Å². The van der Waals surface area contributed by atoms with Crippen molar-refractivity contribution in [1.29, 1.82) is 0 Å². The topological polar surface area (TPSA) is 29.6 Å². The summed E-state index contributed by atoms with van der Waals surface area (Å²) >= 11 is 0. The first kappa shape index (κ1) is 15.6. The van der Waals surface area contributed by atoms with Crippen LogP contribution in [0.4, 0.5) is 0 Å². The Morgan fingerprint density at radius 3 is 2.21 bits per heavy atom. The van der Waals surface area contributed by atoms with Gasteiger partial charge in [0, 0.05) is 11.3 Å². The lowest BCUT2D eigenvalue weighted by Gasteiger charge is -2.17. The van der Waals surface area contributed by atoms with Crippen molar-refractivity contribution < 1.29 is 8.95 Å². The smallest absolute Gasteiger partial charge is 0.180 e. The van der Waals surface area contributed by atoms with Gasteiger partial charge in [-0.25, -0.2) is 0 Å². The third kappa shape index (κ3) is 2.40. The van der Waals surface area contributed by atoms with Crippen molar-refractivity contribution >= 4 is 21.6 Å². The minimum Gasteiger partial charge on any atom is -0.348 e. The fraction of sp³-hybridized carbons (Fsp3) is 0.238. The predicted molar refractivity (Wildman–Crippen MR) is 98.4 cm³/mol. The van der Waals surface area contributed by atoms with Crippen molar-refractivity contribution in [3.63, 3.8) is 0 Å². The zero-order valence-electron chi connectivity index (χ0n) is 13.9. The fourth-order valence-corrected chi connectivity index (χ4v) is 5.20. The third-order valence-electron chi connectivity index (χ3n) is 4.86. The Labute approximate surface area is 144 Å². The van der Waals surface area contributed by atoms with Gasteiger partial charge in [-0.2, -0.15) is 0 Å². The lowest BCUT2D eigenvalue weighted by atomic mass is 9.97. The van der Waals surface area contributed by atoms with Gasteiger partial charge in [0.05, 0.1) is 10.8 Å². The van der Waals surface area contributed by atoms with Gasteiger partial charge >= 0.3 is 0 Å². The summed E-state index contributed by atoms with van der Waals surface area (Å²) in [5.41, 5.74) is 0.785. The molecule has 0 amide bonds. The molecule has 2 nitrogen and oxygen atoms in total. The fourth-order valence-electron chi connectivity index (χ4n) is 3.39. The highest BCUT2D eigenvalue weighted by molar-refractivity contribution is 7.86. The standard InChI is InChI=1S/C21H20O2S/c1-20(2)21(23-20,24(22)18-12-4-3-5-13-18)15-17-11-8-10-16-9-6-7-14-19(16)17/h3-14H,15H2,1-2H3. The average Bonchev–Trinajstić information content (AvgIpc) is 3.17. The Kier molecular flexibility index (Phi) is 3.59. The van der Waals surface area contributed by atoms with Gasteiger partial charge < -0.3 is 4.74 Å². The minimum atomic E-state index is -1.22. The number of epoxide rings is 1. The molecule has 3 aromatic carbocycles. The first-order valence-corrected chi connectivity index (χ1v) is 9.32. The Morgan fingerprint density at radius 1 is 0.875 bits per heavy atom. The predicted octanol–water partition coefficient (Wildman–Crippen LogP) is 4.70. The molecular weight excluding hydrogens is 316 g/mol. The summed E-state index contributed by atoms with van der Waals surface area (Å²) in [5, 5.41) is 2.41. The molecule has 0 N–H and O–H groups in total. The largest absolute Gasteiger partial charge is 0.348 e. The highest BCUT2D eigenvalue weighted by Gasteiger charge is 2.68. The molecule has 2 atom stereocenters. The van der Waals surface area contributed by atoms with Crippen molar-refractivity contribution in [2.75, 3.05) is 0 Å². The van der Waals surface area contributed by atoms with E-state index < -0.39 is 21.3 Å². The first-order valence-electron chi connectivity index (χ1n) is 8.17. The SMILES string of the molecule is CC1(C)OC1(Cc1cccc2ccccc12)S(=O)c1ccccc1. The summed E-state index contributed by atoms with van der Waals surface area (Å²) in [4.78, 5) is 0.154. The highest BCUT2D eigenvalue weighted by Crippen LogP contribution is 2.54. The molecular formula is C21H20O2S. The first-order chi connectivity index (χ1) is 11.5. The molecule has 1 saturated heterocycles. The average molecular weight is 336 g/mol. The van der Waals surface area contributed by atoms with Crippen LogP contribution in [-0.4, -0.2) is 14.7 Å². The number of rotatable bonds is 4. The van der Waals surface area contributed by atoms with E-state index in [-0.39, 0.29) is 0 Å². The van der Waals surface area contributed by atoms with Crippen LogP contribution in [0.2, 0.25) is 0 Å². The maximum Gasteiger partial charge on any atom is 0.180 e. The van der Waals surface area contributed by atoms with Crippen LogP contribution in [0.5, 0.6) is 0 Å². The number of fused-ring (bicyclic) bond motifs is 1. The number of hydrogen-bond acceptors (Lipinski definition) is 2. The van der Waals surface area contributed by atoms with Gasteiger partial charge in [0.2, 0.25) is 0 Å². The van der Waals surface area contributed by atoms with Crippen LogP contribution in [0.1, 0.15) is 19.4 Å². The van der Waals surface area contributed by atoms with E-state index in [0.717, 1.165) is 4.90 Å². The van der Waals surface area contributed by atoms with E-state index in [9.17, 15) is 4.21 Å². The van der Waals surface area contributed by atoms with Crippen molar-refractivity contribution in [2.24, 2.45) is 0 Å². The van der Waals surface area contributed by atoms with Crippen LogP contribution in [0, 0.1) is 0 Å². The molecule has 0 saturated carbocycles. The second-order valence-electron chi connectivity index (χ2n) is 6.76.